The first-order valence-electron chi connectivity index (χ1n) is 18.6. The summed E-state index contributed by atoms with van der Waals surface area (Å²) in [6.45, 7) is 1.86. The van der Waals surface area contributed by atoms with E-state index in [2.05, 4.69) is 15.6 Å². The van der Waals surface area contributed by atoms with Gasteiger partial charge in [0.15, 0.2) is 0 Å². The molecule has 5 N–H and O–H groups in total. The zero-order valence-electron chi connectivity index (χ0n) is 31.6. The molecule has 0 saturated heterocycles. The van der Waals surface area contributed by atoms with E-state index >= 15 is 0 Å². The number of nitrogens with zero attached hydrogens (tertiary/aromatic N) is 3. The maximum atomic E-state index is 11.9. The minimum absolute atomic E-state index is 0.0253. The van der Waals surface area contributed by atoms with E-state index < -0.39 is 24.2 Å². The summed E-state index contributed by atoms with van der Waals surface area (Å²) in [6, 6.07) is 30.0. The second-order valence-electron chi connectivity index (χ2n) is 13.8. The number of fused-ring (bicyclic) bond motifs is 1. The van der Waals surface area contributed by atoms with Gasteiger partial charge in [-0.15, -0.1) is 0 Å². The van der Waals surface area contributed by atoms with E-state index in [1.807, 2.05) is 72.8 Å². The molecule has 0 amide bonds. The molecule has 0 saturated carbocycles. The number of aliphatic hydroxyl groups excluding tert-OH is 2. The molecule has 58 heavy (non-hydrogen) atoms. The van der Waals surface area contributed by atoms with Gasteiger partial charge in [0.2, 0.25) is 11.8 Å². The molecule has 12 nitrogen and oxygen atoms in total. The fourth-order valence-corrected chi connectivity index (χ4v) is 7.27. The second-order valence-corrected chi connectivity index (χ2v) is 14.6. The van der Waals surface area contributed by atoms with Crippen molar-refractivity contribution in [1.82, 2.24) is 15.6 Å². The number of aromatic nitrogens is 1. The average Bonchev–Trinajstić information content (AvgIpc) is 3.66. The Balaban J connectivity index is 1.34. The van der Waals surface area contributed by atoms with Crippen LogP contribution in [0.5, 0.6) is 17.5 Å². The highest BCUT2D eigenvalue weighted by molar-refractivity contribution is 6.36. The molecule has 0 radical (unpaired) electrons. The molecule has 1 aliphatic carbocycles. The number of nitriles is 2. The number of aliphatic hydroxyl groups is 2. The van der Waals surface area contributed by atoms with E-state index in [9.17, 15) is 30.6 Å². The van der Waals surface area contributed by atoms with Gasteiger partial charge in [-0.3, -0.25) is 10.1 Å². The zero-order valence-corrected chi connectivity index (χ0v) is 33.1. The Morgan fingerprint density at radius 3 is 2.38 bits per heavy atom. The normalized spacial score (nSPS) is 14.2. The molecule has 0 unspecified atom stereocenters. The number of carbonyl (C=O) groups is 1. The van der Waals surface area contributed by atoms with Crippen LogP contribution < -0.4 is 24.8 Å². The molecule has 298 valence electrons. The lowest BCUT2D eigenvalue weighted by Gasteiger charge is -2.24. The van der Waals surface area contributed by atoms with Gasteiger partial charge in [-0.05, 0) is 84.0 Å². The monoisotopic (exact) mass is 821 g/mol. The van der Waals surface area contributed by atoms with Crippen molar-refractivity contribution in [3.63, 3.8) is 0 Å². The number of pyridine rings is 1. The van der Waals surface area contributed by atoms with Crippen molar-refractivity contribution in [2.24, 2.45) is 0 Å². The number of benzene rings is 4. The molecular weight excluding hydrogens is 781 g/mol. The third-order valence-electron chi connectivity index (χ3n) is 9.82. The number of halogens is 2. The number of aliphatic carboxylic acids is 1. The van der Waals surface area contributed by atoms with Crippen molar-refractivity contribution in [1.29, 1.82) is 10.5 Å². The zero-order chi connectivity index (χ0) is 41.2. The van der Waals surface area contributed by atoms with E-state index in [-0.39, 0.29) is 47.7 Å². The number of rotatable bonds is 18. The molecule has 4 aromatic carbocycles. The molecule has 1 aromatic heterocycles. The number of hydrogen-bond donors (Lipinski definition) is 5. The standard InChI is InChI=1S/C44H41Cl2N5O7/c1-44(26-53,43(54)55)50-24-31-21-36(45)42(51-41(31)57-25-29-19-27(22-47)18-28(20-29)23-48)58-37-12-11-33-34(37)8-5-9-35(33)39-38(56-17-15-49-14-16-52)13-10-32(40(39)46)30-6-3-2-4-7-30/h2-10,13,18-21,37,49-50,52-53H,11-12,14-17,24-26H2,1H3,(H,54,55)/t37-,44-/m0/s1. The molecule has 0 bridgehead atoms. The Morgan fingerprint density at radius 1 is 0.931 bits per heavy atom. The quantitative estimate of drug-likeness (QED) is 0.0570. The fraction of sp³-hybridized carbons (Fsp3) is 0.273. The molecular formula is C44H41Cl2N5O7. The van der Waals surface area contributed by atoms with Crippen LogP contribution in [-0.2, 0) is 24.4 Å². The molecule has 6 rings (SSSR count). The van der Waals surface area contributed by atoms with E-state index in [0.29, 0.717) is 54.4 Å². The van der Waals surface area contributed by atoms with Gasteiger partial charge in [0, 0.05) is 36.3 Å². The smallest absolute Gasteiger partial charge is 0.326 e. The van der Waals surface area contributed by atoms with Crippen LogP contribution in [0.1, 0.15) is 52.8 Å². The van der Waals surface area contributed by atoms with Crippen molar-refractivity contribution < 1.29 is 34.3 Å². The molecule has 1 heterocycles. The highest BCUT2D eigenvalue weighted by Gasteiger charge is 2.33. The van der Waals surface area contributed by atoms with Crippen LogP contribution in [0.4, 0.5) is 0 Å². The van der Waals surface area contributed by atoms with Crippen LogP contribution in [0.3, 0.4) is 0 Å². The van der Waals surface area contributed by atoms with Gasteiger partial charge in [-0.25, -0.2) is 0 Å². The van der Waals surface area contributed by atoms with Crippen molar-refractivity contribution in [2.75, 3.05) is 32.9 Å². The number of nitrogens with one attached hydrogen (secondary N) is 2. The Morgan fingerprint density at radius 2 is 1.69 bits per heavy atom. The number of carboxylic acids is 1. The van der Waals surface area contributed by atoms with Crippen LogP contribution in [0.15, 0.2) is 84.9 Å². The van der Waals surface area contributed by atoms with Crippen LogP contribution >= 0.6 is 23.2 Å². The van der Waals surface area contributed by atoms with E-state index in [0.717, 1.165) is 33.4 Å². The summed E-state index contributed by atoms with van der Waals surface area (Å²) in [4.78, 5) is 16.6. The topological polar surface area (TPSA) is 190 Å². The molecule has 2 atom stereocenters. The minimum atomic E-state index is -1.67. The van der Waals surface area contributed by atoms with Gasteiger partial charge in [0.05, 0.1) is 41.5 Å². The van der Waals surface area contributed by atoms with Crippen molar-refractivity contribution in [3.05, 3.63) is 128 Å². The molecule has 0 spiro atoms. The third kappa shape index (κ3) is 9.52. The lowest BCUT2D eigenvalue weighted by atomic mass is 9.93. The lowest BCUT2D eigenvalue weighted by Crippen LogP contribution is -2.52. The second kappa shape index (κ2) is 19.2. The molecule has 0 fully saturated rings. The summed E-state index contributed by atoms with van der Waals surface area (Å²) < 4.78 is 19.0. The first-order valence-corrected chi connectivity index (χ1v) is 19.3. The maximum absolute atomic E-state index is 11.9. The summed E-state index contributed by atoms with van der Waals surface area (Å²) in [6.07, 6.45) is 0.774. The third-order valence-corrected chi connectivity index (χ3v) is 10.5. The van der Waals surface area contributed by atoms with E-state index in [4.69, 9.17) is 37.4 Å². The Bertz CT molecular complexity index is 2330. The predicted octanol–water partition coefficient (Wildman–Crippen LogP) is 7.00. The van der Waals surface area contributed by atoms with E-state index in [1.165, 1.54) is 13.0 Å². The van der Waals surface area contributed by atoms with E-state index in [1.54, 1.807) is 18.2 Å². The first-order chi connectivity index (χ1) is 28.1. The van der Waals surface area contributed by atoms with Gasteiger partial charge >= 0.3 is 5.97 Å². The van der Waals surface area contributed by atoms with Crippen molar-refractivity contribution >= 4 is 29.2 Å². The van der Waals surface area contributed by atoms with Crippen molar-refractivity contribution in [3.8, 4) is 51.9 Å². The van der Waals surface area contributed by atoms with Gasteiger partial charge in [0.25, 0.3) is 0 Å². The van der Waals surface area contributed by atoms with Crippen LogP contribution in [0.25, 0.3) is 22.3 Å². The summed E-state index contributed by atoms with van der Waals surface area (Å²) in [5.74, 6) is -0.481. The maximum Gasteiger partial charge on any atom is 0.326 e. The highest BCUT2D eigenvalue weighted by Crippen LogP contribution is 2.48. The highest BCUT2D eigenvalue weighted by atomic mass is 35.5. The van der Waals surface area contributed by atoms with Crippen molar-refractivity contribution in [2.45, 2.75) is 44.6 Å². The summed E-state index contributed by atoms with van der Waals surface area (Å²) in [7, 11) is 0. The summed E-state index contributed by atoms with van der Waals surface area (Å²) >= 11 is 14.1. The molecule has 0 aliphatic heterocycles. The SMILES string of the molecule is C[C@@](CO)(NCc1cc(Cl)c(O[C@H]2CCc3c(-c4c(OCCNCCO)ccc(-c5ccccc5)c4Cl)cccc32)nc1OCc1cc(C#N)cc(C#N)c1)C(=O)O. The van der Waals surface area contributed by atoms with Gasteiger partial charge < -0.3 is 34.8 Å². The van der Waals surface area contributed by atoms with Crippen LogP contribution in [0, 0.1) is 22.7 Å². The summed E-state index contributed by atoms with van der Waals surface area (Å²) in [5, 5.41) is 54.4. The Kier molecular flexibility index (Phi) is 13.9. The Hall–Kier alpha value is -5.70. The van der Waals surface area contributed by atoms with Gasteiger partial charge in [0.1, 0.15) is 35.6 Å². The largest absolute Gasteiger partial charge is 0.492 e. The van der Waals surface area contributed by atoms with Gasteiger partial charge in [-0.2, -0.15) is 15.5 Å². The van der Waals surface area contributed by atoms with Crippen LogP contribution in [0.2, 0.25) is 10.0 Å². The fourth-order valence-electron chi connectivity index (χ4n) is 6.69. The predicted molar refractivity (Wildman–Crippen MR) is 219 cm³/mol. The molecule has 5 aromatic rings. The lowest BCUT2D eigenvalue weighted by molar-refractivity contribution is -0.145. The average molecular weight is 823 g/mol. The number of hydrogen-bond acceptors (Lipinski definition) is 11. The minimum Gasteiger partial charge on any atom is -0.492 e. The molecule has 1 aliphatic rings. The van der Waals surface area contributed by atoms with Crippen LogP contribution in [-0.4, -0.2) is 64.7 Å². The van der Waals surface area contributed by atoms with Gasteiger partial charge in [-0.1, -0.05) is 71.7 Å². The molecule has 14 heteroatoms. The number of carboxylic acid groups (broad SMARTS) is 1. The number of ether oxygens (including phenoxy) is 3. The summed E-state index contributed by atoms with van der Waals surface area (Å²) in [5.41, 5.74) is 5.24. The first kappa shape index (κ1) is 41.9. The Labute approximate surface area is 346 Å².